The number of esters is 1. The second-order valence-corrected chi connectivity index (χ2v) is 3.54. The molecule has 3 nitrogen and oxygen atoms in total. The van der Waals surface area contributed by atoms with Crippen LogP contribution in [0.3, 0.4) is 0 Å². The minimum atomic E-state index is -0.387. The van der Waals surface area contributed by atoms with Crippen LogP contribution in [-0.4, -0.2) is 24.7 Å². The number of carbonyl (C=O) groups excluding carboxylic acids is 1. The molecule has 0 radical (unpaired) electrons. The molecule has 0 aromatic carbocycles. The molecule has 0 bridgehead atoms. The van der Waals surface area contributed by atoms with Gasteiger partial charge < -0.3 is 10.1 Å². The second-order valence-electron chi connectivity index (χ2n) is 3.54. The monoisotopic (exact) mass is 195 g/mol. The first kappa shape index (κ1) is 14.3. The number of likely N-dealkylation sites (N-methyl/N-ethyl adjacent to an activating group) is 1. The number of nitrogens with one attached hydrogen (secondary N) is 1. The summed E-state index contributed by atoms with van der Waals surface area (Å²) >= 11 is 0. The van der Waals surface area contributed by atoms with Gasteiger partial charge in [-0.2, -0.15) is 0 Å². The lowest BCUT2D eigenvalue weighted by Crippen LogP contribution is -2.37. The predicted octanol–water partition coefficient (Wildman–Crippen LogP) is 1.36. The lowest BCUT2D eigenvalue weighted by Gasteiger charge is -2.21. The van der Waals surface area contributed by atoms with Gasteiger partial charge in [-0.05, 0) is 34.7 Å². The van der Waals surface area contributed by atoms with Gasteiger partial charge in [-0.3, -0.25) is 4.79 Å². The van der Waals surface area contributed by atoms with Gasteiger partial charge in [-0.15, -0.1) is 12.4 Å². The van der Waals surface area contributed by atoms with Gasteiger partial charge in [0, 0.05) is 0 Å². The maximum Gasteiger partial charge on any atom is 0.323 e. The van der Waals surface area contributed by atoms with E-state index < -0.39 is 0 Å². The summed E-state index contributed by atoms with van der Waals surface area (Å²) in [5.74, 6) is -0.208. The van der Waals surface area contributed by atoms with E-state index in [1.54, 1.807) is 14.0 Å². The zero-order valence-electron chi connectivity index (χ0n) is 8.30. The molecule has 0 saturated heterocycles. The van der Waals surface area contributed by atoms with E-state index in [2.05, 4.69) is 5.32 Å². The second kappa shape index (κ2) is 5.38. The Bertz CT molecular complexity index is 142. The summed E-state index contributed by atoms with van der Waals surface area (Å²) in [6.45, 7) is 7.34. The first-order valence-electron chi connectivity index (χ1n) is 3.77. The molecule has 0 aliphatic heterocycles. The molecular weight excluding hydrogens is 178 g/mol. The Morgan fingerprint density at radius 1 is 1.42 bits per heavy atom. The van der Waals surface area contributed by atoms with Gasteiger partial charge in [0.25, 0.3) is 0 Å². The van der Waals surface area contributed by atoms with E-state index in [9.17, 15) is 4.79 Å². The molecule has 4 heteroatoms. The van der Waals surface area contributed by atoms with Crippen LogP contribution in [0.5, 0.6) is 0 Å². The smallest absolute Gasteiger partial charge is 0.323 e. The van der Waals surface area contributed by atoms with E-state index in [0.717, 1.165) is 0 Å². The van der Waals surface area contributed by atoms with E-state index in [1.165, 1.54) is 0 Å². The summed E-state index contributed by atoms with van der Waals surface area (Å²) in [7, 11) is 1.73. The van der Waals surface area contributed by atoms with Gasteiger partial charge in [0.05, 0.1) is 0 Å². The summed E-state index contributed by atoms with van der Waals surface area (Å²) in [6, 6.07) is -0.228. The lowest BCUT2D eigenvalue weighted by molar-refractivity contribution is -0.156. The normalized spacial score (nSPS) is 13.1. The Balaban J connectivity index is 0. The molecule has 0 heterocycles. The summed E-state index contributed by atoms with van der Waals surface area (Å²) in [5, 5.41) is 2.81. The molecule has 0 saturated carbocycles. The summed E-state index contributed by atoms with van der Waals surface area (Å²) in [4.78, 5) is 11.1. The highest BCUT2D eigenvalue weighted by molar-refractivity contribution is 5.85. The highest BCUT2D eigenvalue weighted by Crippen LogP contribution is 2.07. The highest BCUT2D eigenvalue weighted by Gasteiger charge is 2.19. The van der Waals surface area contributed by atoms with Crippen molar-refractivity contribution in [3.8, 4) is 0 Å². The molecule has 0 aromatic rings. The fraction of sp³-hybridized carbons (Fsp3) is 0.875. The van der Waals surface area contributed by atoms with Gasteiger partial charge in [0.1, 0.15) is 11.6 Å². The van der Waals surface area contributed by atoms with E-state index >= 15 is 0 Å². The molecule has 0 rings (SSSR count). The molecule has 12 heavy (non-hydrogen) atoms. The van der Waals surface area contributed by atoms with Crippen molar-refractivity contribution in [3.63, 3.8) is 0 Å². The molecule has 74 valence electrons. The van der Waals surface area contributed by atoms with E-state index in [1.807, 2.05) is 20.8 Å². The van der Waals surface area contributed by atoms with Gasteiger partial charge in [0.2, 0.25) is 0 Å². The third kappa shape index (κ3) is 6.43. The summed E-state index contributed by atoms with van der Waals surface area (Å²) in [6.07, 6.45) is 0. The Hall–Kier alpha value is -0.280. The van der Waals surface area contributed by atoms with Crippen LogP contribution in [0.25, 0.3) is 0 Å². The molecule has 1 N–H and O–H groups in total. The first-order valence-corrected chi connectivity index (χ1v) is 3.77. The highest BCUT2D eigenvalue weighted by atomic mass is 35.5. The van der Waals surface area contributed by atoms with Crippen molar-refractivity contribution in [1.29, 1.82) is 0 Å². The molecule has 0 fully saturated rings. The third-order valence-corrected chi connectivity index (χ3v) is 1.19. The average molecular weight is 196 g/mol. The van der Waals surface area contributed by atoms with Crippen LogP contribution in [0.4, 0.5) is 0 Å². The summed E-state index contributed by atoms with van der Waals surface area (Å²) < 4.78 is 5.09. The van der Waals surface area contributed by atoms with Crippen LogP contribution in [0.1, 0.15) is 27.7 Å². The van der Waals surface area contributed by atoms with Crippen molar-refractivity contribution >= 4 is 18.4 Å². The number of carbonyl (C=O) groups is 1. The van der Waals surface area contributed by atoms with Crippen LogP contribution in [0.2, 0.25) is 0 Å². The van der Waals surface area contributed by atoms with Crippen LogP contribution in [0.15, 0.2) is 0 Å². The largest absolute Gasteiger partial charge is 0.459 e. The molecule has 0 spiro atoms. The fourth-order valence-electron chi connectivity index (χ4n) is 0.508. The zero-order chi connectivity index (χ0) is 9.07. The maximum absolute atomic E-state index is 11.1. The van der Waals surface area contributed by atoms with Crippen LogP contribution in [0, 0.1) is 0 Å². The Kier molecular flexibility index (Phi) is 6.39. The topological polar surface area (TPSA) is 38.3 Å². The quantitative estimate of drug-likeness (QED) is 0.677. The van der Waals surface area contributed by atoms with E-state index in [-0.39, 0.29) is 30.0 Å². The minimum Gasteiger partial charge on any atom is -0.459 e. The lowest BCUT2D eigenvalue weighted by atomic mass is 10.2. The van der Waals surface area contributed by atoms with E-state index in [0.29, 0.717) is 0 Å². The average Bonchev–Trinajstić information content (AvgIpc) is 1.82. The number of ether oxygens (including phenoxy) is 1. The Labute approximate surface area is 80.3 Å². The molecule has 0 aliphatic rings. The van der Waals surface area contributed by atoms with Crippen molar-refractivity contribution in [2.45, 2.75) is 39.3 Å². The van der Waals surface area contributed by atoms with Gasteiger partial charge in [-0.25, -0.2) is 0 Å². The standard InChI is InChI=1S/C8H17NO2.ClH/c1-6(9-5)7(10)11-8(2,3)4;/h6,9H,1-5H3;1H/t6-;/m1./s1. The number of hydrogen-bond donors (Lipinski definition) is 1. The minimum absolute atomic E-state index is 0. The third-order valence-electron chi connectivity index (χ3n) is 1.19. The number of halogens is 1. The maximum atomic E-state index is 11.1. The molecule has 0 aromatic heterocycles. The van der Waals surface area contributed by atoms with Crippen LogP contribution < -0.4 is 5.32 Å². The molecule has 0 unspecified atom stereocenters. The number of rotatable bonds is 2. The van der Waals surface area contributed by atoms with Crippen molar-refractivity contribution in [3.05, 3.63) is 0 Å². The predicted molar refractivity (Wildman–Crippen MR) is 51.6 cm³/mol. The van der Waals surface area contributed by atoms with Crippen molar-refractivity contribution in [2.75, 3.05) is 7.05 Å². The van der Waals surface area contributed by atoms with Gasteiger partial charge in [0.15, 0.2) is 0 Å². The molecule has 1 atom stereocenters. The zero-order valence-corrected chi connectivity index (χ0v) is 9.12. The fourth-order valence-corrected chi connectivity index (χ4v) is 0.508. The van der Waals surface area contributed by atoms with Crippen molar-refractivity contribution in [2.24, 2.45) is 0 Å². The Morgan fingerprint density at radius 2 is 1.83 bits per heavy atom. The van der Waals surface area contributed by atoms with Crippen LogP contribution in [-0.2, 0) is 9.53 Å². The summed E-state index contributed by atoms with van der Waals surface area (Å²) in [5.41, 5.74) is -0.387. The molecule has 0 aliphatic carbocycles. The van der Waals surface area contributed by atoms with Gasteiger partial charge >= 0.3 is 5.97 Å². The number of hydrogen-bond acceptors (Lipinski definition) is 3. The van der Waals surface area contributed by atoms with Crippen LogP contribution >= 0.6 is 12.4 Å². The SMILES string of the molecule is CN[C@H](C)C(=O)OC(C)(C)C.Cl. The Morgan fingerprint density at radius 3 is 2.08 bits per heavy atom. The molecule has 0 amide bonds. The first-order chi connectivity index (χ1) is 4.87. The van der Waals surface area contributed by atoms with Crippen molar-refractivity contribution < 1.29 is 9.53 Å². The van der Waals surface area contributed by atoms with Crippen molar-refractivity contribution in [1.82, 2.24) is 5.32 Å². The van der Waals surface area contributed by atoms with Gasteiger partial charge in [-0.1, -0.05) is 0 Å². The molecular formula is C8H18ClNO2. The van der Waals surface area contributed by atoms with E-state index in [4.69, 9.17) is 4.74 Å².